The molecule has 152 valence electrons. The largest absolute Gasteiger partial charge is 0.487 e. The highest BCUT2D eigenvalue weighted by molar-refractivity contribution is 14.0. The molecule has 8 heteroatoms. The van der Waals surface area contributed by atoms with Crippen molar-refractivity contribution in [2.75, 3.05) is 26.2 Å². The molecule has 0 spiro atoms. The first-order valence-corrected chi connectivity index (χ1v) is 9.60. The molecule has 1 aliphatic heterocycles. The molecule has 2 atom stereocenters. The number of rotatable bonds is 7. The Morgan fingerprint density at radius 1 is 1.48 bits per heavy atom. The molecule has 1 amide bonds. The Hall–Kier alpha value is -1.22. The van der Waals surface area contributed by atoms with Gasteiger partial charge < -0.3 is 20.7 Å². The summed E-state index contributed by atoms with van der Waals surface area (Å²) in [5.41, 5.74) is 5.36. The molecule has 0 saturated carbocycles. The summed E-state index contributed by atoms with van der Waals surface area (Å²) in [6.07, 6.45) is 2.40. The minimum absolute atomic E-state index is 0. The number of amides is 1. The minimum atomic E-state index is -0.236. The summed E-state index contributed by atoms with van der Waals surface area (Å²) in [5.74, 6) is 1.58. The van der Waals surface area contributed by atoms with Crippen LogP contribution in [-0.4, -0.2) is 49.0 Å². The van der Waals surface area contributed by atoms with Crippen molar-refractivity contribution < 1.29 is 9.53 Å². The first-order valence-electron chi connectivity index (χ1n) is 9.22. The van der Waals surface area contributed by atoms with Crippen LogP contribution in [0.25, 0.3) is 0 Å². The number of carbonyl (C=O) groups is 1. The number of piperidine rings is 1. The molecule has 1 saturated heterocycles. The maximum Gasteiger partial charge on any atom is 0.217 e. The topological polar surface area (TPSA) is 80.0 Å². The van der Waals surface area contributed by atoms with E-state index in [4.69, 9.17) is 27.1 Å². The predicted molar refractivity (Wildman–Crippen MR) is 121 cm³/mol. The van der Waals surface area contributed by atoms with Gasteiger partial charge >= 0.3 is 0 Å². The second-order valence-electron chi connectivity index (χ2n) is 6.68. The Balaban J connectivity index is 0.00000364. The number of halogens is 2. The third kappa shape index (κ3) is 8.13. The lowest BCUT2D eigenvalue weighted by molar-refractivity contribution is -0.119. The van der Waals surface area contributed by atoms with Crippen molar-refractivity contribution in [2.45, 2.75) is 39.2 Å². The molecule has 2 rings (SSSR count). The van der Waals surface area contributed by atoms with Gasteiger partial charge in [-0.15, -0.1) is 24.0 Å². The number of carbonyl (C=O) groups excluding carboxylic acids is 1. The molecule has 0 radical (unpaired) electrons. The second-order valence-corrected chi connectivity index (χ2v) is 7.09. The predicted octanol–water partition coefficient (Wildman–Crippen LogP) is 3.28. The molecule has 1 aromatic carbocycles. The quantitative estimate of drug-likeness (QED) is 0.337. The van der Waals surface area contributed by atoms with E-state index in [1.807, 2.05) is 38.1 Å². The number of nitrogens with two attached hydrogens (primary N) is 1. The third-order valence-electron chi connectivity index (χ3n) is 4.31. The number of nitrogens with one attached hydrogen (secondary N) is 1. The maximum atomic E-state index is 11.2. The van der Waals surface area contributed by atoms with Gasteiger partial charge in [0.1, 0.15) is 11.9 Å². The summed E-state index contributed by atoms with van der Waals surface area (Å²) in [6, 6.07) is 7.43. The summed E-state index contributed by atoms with van der Waals surface area (Å²) in [5, 5.41) is 3.93. The Labute approximate surface area is 183 Å². The van der Waals surface area contributed by atoms with Gasteiger partial charge in [-0.2, -0.15) is 0 Å². The Kier molecular flexibility index (Phi) is 10.8. The van der Waals surface area contributed by atoms with Crippen molar-refractivity contribution in [1.29, 1.82) is 0 Å². The van der Waals surface area contributed by atoms with E-state index in [2.05, 4.69) is 10.2 Å². The van der Waals surface area contributed by atoms with Crippen LogP contribution >= 0.6 is 35.6 Å². The van der Waals surface area contributed by atoms with Gasteiger partial charge in [0.15, 0.2) is 5.96 Å². The normalized spacial score (nSPS) is 18.4. The Morgan fingerprint density at radius 2 is 2.22 bits per heavy atom. The molecule has 1 heterocycles. The van der Waals surface area contributed by atoms with Crippen molar-refractivity contribution in [3.63, 3.8) is 0 Å². The van der Waals surface area contributed by atoms with Gasteiger partial charge in [-0.1, -0.05) is 23.7 Å². The zero-order valence-corrected chi connectivity index (χ0v) is 19.1. The molecule has 1 aliphatic rings. The van der Waals surface area contributed by atoms with Crippen LogP contribution in [0.15, 0.2) is 29.3 Å². The number of aliphatic imine (C=N–C) groups is 1. The monoisotopic (exact) mass is 508 g/mol. The smallest absolute Gasteiger partial charge is 0.217 e. The molecular formula is C19H30ClIN4O2. The number of likely N-dealkylation sites (tertiary alicyclic amines) is 1. The lowest BCUT2D eigenvalue weighted by Crippen LogP contribution is -2.47. The van der Waals surface area contributed by atoms with Crippen molar-refractivity contribution >= 4 is 47.4 Å². The van der Waals surface area contributed by atoms with Crippen LogP contribution in [0.4, 0.5) is 0 Å². The summed E-state index contributed by atoms with van der Waals surface area (Å²) in [7, 11) is 0. The van der Waals surface area contributed by atoms with Crippen LogP contribution in [0.1, 0.15) is 33.1 Å². The molecular weight excluding hydrogens is 479 g/mol. The fourth-order valence-electron chi connectivity index (χ4n) is 3.14. The molecule has 0 bridgehead atoms. The Bertz CT molecular complexity index is 629. The van der Waals surface area contributed by atoms with Crippen molar-refractivity contribution in [2.24, 2.45) is 16.6 Å². The number of hydrogen-bond donors (Lipinski definition) is 2. The van der Waals surface area contributed by atoms with E-state index in [-0.39, 0.29) is 36.0 Å². The first kappa shape index (κ1) is 23.8. The summed E-state index contributed by atoms with van der Waals surface area (Å²) >= 11 is 6.14. The molecule has 2 unspecified atom stereocenters. The maximum absolute atomic E-state index is 11.2. The van der Waals surface area contributed by atoms with E-state index in [9.17, 15) is 4.79 Å². The van der Waals surface area contributed by atoms with E-state index in [1.54, 1.807) is 0 Å². The van der Waals surface area contributed by atoms with E-state index in [0.29, 0.717) is 29.7 Å². The van der Waals surface area contributed by atoms with E-state index in [1.165, 1.54) is 0 Å². The van der Waals surface area contributed by atoms with Crippen LogP contribution in [0.3, 0.4) is 0 Å². The molecule has 1 aromatic rings. The molecule has 1 fully saturated rings. The Morgan fingerprint density at radius 3 is 2.89 bits per heavy atom. The fourth-order valence-corrected chi connectivity index (χ4v) is 3.32. The van der Waals surface area contributed by atoms with Gasteiger partial charge in [0, 0.05) is 26.1 Å². The molecule has 0 aromatic heterocycles. The summed E-state index contributed by atoms with van der Waals surface area (Å²) in [6.45, 7) is 7.06. The second kappa shape index (κ2) is 12.3. The minimum Gasteiger partial charge on any atom is -0.487 e. The SMILES string of the molecule is CCNC(=NCC(C)Oc1ccccc1Cl)N1CCCC(CC(N)=O)C1.I. The highest BCUT2D eigenvalue weighted by Crippen LogP contribution is 2.24. The third-order valence-corrected chi connectivity index (χ3v) is 4.62. The molecule has 27 heavy (non-hydrogen) atoms. The number of primary amides is 1. The van der Waals surface area contributed by atoms with Gasteiger partial charge in [-0.05, 0) is 44.7 Å². The highest BCUT2D eigenvalue weighted by atomic mass is 127. The summed E-state index contributed by atoms with van der Waals surface area (Å²) in [4.78, 5) is 18.2. The van der Waals surface area contributed by atoms with Gasteiger partial charge in [0.05, 0.1) is 11.6 Å². The molecule has 6 nitrogen and oxygen atoms in total. The summed E-state index contributed by atoms with van der Waals surface area (Å²) < 4.78 is 5.89. The fraction of sp³-hybridized carbons (Fsp3) is 0.579. The lowest BCUT2D eigenvalue weighted by atomic mass is 9.95. The molecule has 0 aliphatic carbocycles. The van der Waals surface area contributed by atoms with Crippen molar-refractivity contribution in [1.82, 2.24) is 10.2 Å². The van der Waals surface area contributed by atoms with Crippen LogP contribution in [-0.2, 0) is 4.79 Å². The van der Waals surface area contributed by atoms with Gasteiger partial charge in [-0.25, -0.2) is 4.99 Å². The van der Waals surface area contributed by atoms with Gasteiger partial charge in [0.2, 0.25) is 5.91 Å². The van der Waals surface area contributed by atoms with E-state index < -0.39 is 0 Å². The number of benzene rings is 1. The van der Waals surface area contributed by atoms with E-state index in [0.717, 1.165) is 38.4 Å². The highest BCUT2D eigenvalue weighted by Gasteiger charge is 2.23. The number of para-hydroxylation sites is 1. The average molecular weight is 509 g/mol. The van der Waals surface area contributed by atoms with Crippen molar-refractivity contribution in [3.05, 3.63) is 29.3 Å². The van der Waals surface area contributed by atoms with Crippen LogP contribution < -0.4 is 15.8 Å². The average Bonchev–Trinajstić information content (AvgIpc) is 2.60. The van der Waals surface area contributed by atoms with Crippen molar-refractivity contribution in [3.8, 4) is 5.75 Å². The zero-order chi connectivity index (χ0) is 18.9. The van der Waals surface area contributed by atoms with Crippen LogP contribution in [0.5, 0.6) is 5.75 Å². The van der Waals surface area contributed by atoms with Crippen LogP contribution in [0.2, 0.25) is 5.02 Å². The zero-order valence-electron chi connectivity index (χ0n) is 16.0. The lowest BCUT2D eigenvalue weighted by Gasteiger charge is -2.34. The number of guanidine groups is 1. The first-order chi connectivity index (χ1) is 12.5. The molecule has 3 N–H and O–H groups in total. The standard InChI is InChI=1S/C19H29ClN4O2.HI/c1-3-22-19(24-10-6-7-15(13-24)11-18(21)25)23-12-14(2)26-17-9-5-4-8-16(17)20;/h4-5,8-9,14-15H,3,6-7,10-13H2,1-2H3,(H2,21,25)(H,22,23);1H. The van der Waals surface area contributed by atoms with Gasteiger partial charge in [0.25, 0.3) is 0 Å². The van der Waals surface area contributed by atoms with Gasteiger partial charge in [-0.3, -0.25) is 4.79 Å². The number of hydrogen-bond acceptors (Lipinski definition) is 3. The number of nitrogens with zero attached hydrogens (tertiary/aromatic N) is 2. The number of ether oxygens (including phenoxy) is 1. The van der Waals surface area contributed by atoms with E-state index >= 15 is 0 Å². The van der Waals surface area contributed by atoms with Crippen LogP contribution in [0, 0.1) is 5.92 Å².